The molecule has 1 aliphatic heterocycles. The van der Waals surface area contributed by atoms with Crippen molar-refractivity contribution in [2.24, 2.45) is 12.5 Å². The first kappa shape index (κ1) is 12.6. The Balaban J connectivity index is 2.35. The fraction of sp³-hybridized carbons (Fsp3) is 0.667. The van der Waals surface area contributed by atoms with Gasteiger partial charge in [-0.3, -0.25) is 9.48 Å². The van der Waals surface area contributed by atoms with Gasteiger partial charge >= 0.3 is 0 Å². The smallest absolute Gasteiger partial charge is 0.188 e. The third-order valence-corrected chi connectivity index (χ3v) is 4.10. The van der Waals surface area contributed by atoms with Gasteiger partial charge in [-0.15, -0.1) is 0 Å². The molecule has 1 aliphatic rings. The second-order valence-corrected chi connectivity index (χ2v) is 5.08. The van der Waals surface area contributed by atoms with Crippen LogP contribution in [0.3, 0.4) is 0 Å². The standard InChI is InChI=1S/C12H18ClN3O/c1-3-12(4-6-14-7-5-12)11(17)10-9(13)8-15-16(10)2/h8,14H,3-7H2,1-2H3. The fourth-order valence-corrected chi connectivity index (χ4v) is 2.82. The van der Waals surface area contributed by atoms with Gasteiger partial charge in [0, 0.05) is 12.5 Å². The third-order valence-electron chi connectivity index (χ3n) is 3.83. The molecule has 5 heteroatoms. The van der Waals surface area contributed by atoms with E-state index in [4.69, 9.17) is 11.6 Å². The molecule has 0 unspecified atom stereocenters. The number of halogens is 1. The summed E-state index contributed by atoms with van der Waals surface area (Å²) < 4.78 is 1.59. The molecule has 1 saturated heterocycles. The Morgan fingerprint density at radius 3 is 2.71 bits per heavy atom. The molecule has 0 amide bonds. The summed E-state index contributed by atoms with van der Waals surface area (Å²) in [7, 11) is 1.77. The average Bonchev–Trinajstić information content (AvgIpc) is 2.69. The summed E-state index contributed by atoms with van der Waals surface area (Å²) in [6.07, 6.45) is 4.15. The number of ketones is 1. The quantitative estimate of drug-likeness (QED) is 0.841. The van der Waals surface area contributed by atoms with Gasteiger partial charge in [0.05, 0.1) is 11.2 Å². The number of aryl methyl sites for hydroxylation is 1. The van der Waals surface area contributed by atoms with Crippen LogP contribution in [0.5, 0.6) is 0 Å². The highest BCUT2D eigenvalue weighted by molar-refractivity contribution is 6.33. The molecule has 0 aliphatic carbocycles. The number of nitrogens with zero attached hydrogens (tertiary/aromatic N) is 2. The summed E-state index contributed by atoms with van der Waals surface area (Å²) in [6.45, 7) is 3.87. The van der Waals surface area contributed by atoms with Crippen molar-refractivity contribution in [3.05, 3.63) is 16.9 Å². The lowest BCUT2D eigenvalue weighted by molar-refractivity contribution is 0.0707. The fourth-order valence-electron chi connectivity index (χ4n) is 2.56. The normalized spacial score (nSPS) is 19.2. The van der Waals surface area contributed by atoms with Crippen LogP contribution in [0.4, 0.5) is 0 Å². The summed E-state index contributed by atoms with van der Waals surface area (Å²) in [5.74, 6) is 0.145. The van der Waals surface area contributed by atoms with Gasteiger partial charge in [-0.25, -0.2) is 0 Å². The van der Waals surface area contributed by atoms with Crippen LogP contribution >= 0.6 is 11.6 Å². The highest BCUT2D eigenvalue weighted by atomic mass is 35.5. The number of rotatable bonds is 3. The molecule has 0 atom stereocenters. The van der Waals surface area contributed by atoms with E-state index in [1.54, 1.807) is 17.9 Å². The maximum atomic E-state index is 12.7. The predicted molar refractivity (Wildman–Crippen MR) is 67.4 cm³/mol. The van der Waals surface area contributed by atoms with Gasteiger partial charge in [0.1, 0.15) is 5.69 Å². The van der Waals surface area contributed by atoms with E-state index in [0.29, 0.717) is 10.7 Å². The van der Waals surface area contributed by atoms with Crippen LogP contribution in [-0.2, 0) is 7.05 Å². The second-order valence-electron chi connectivity index (χ2n) is 4.68. The lowest BCUT2D eigenvalue weighted by Gasteiger charge is -2.35. The molecule has 0 aromatic carbocycles. The zero-order chi connectivity index (χ0) is 12.5. The Morgan fingerprint density at radius 1 is 1.59 bits per heavy atom. The Labute approximate surface area is 106 Å². The van der Waals surface area contributed by atoms with Crippen molar-refractivity contribution in [3.63, 3.8) is 0 Å². The molecular formula is C12H18ClN3O. The van der Waals surface area contributed by atoms with Crippen molar-refractivity contribution >= 4 is 17.4 Å². The van der Waals surface area contributed by atoms with Crippen LogP contribution in [0.25, 0.3) is 0 Å². The maximum Gasteiger partial charge on any atom is 0.188 e. The van der Waals surface area contributed by atoms with E-state index in [1.165, 1.54) is 0 Å². The molecule has 2 heterocycles. The number of hydrogen-bond donors (Lipinski definition) is 1. The highest BCUT2D eigenvalue weighted by Crippen LogP contribution is 2.37. The van der Waals surface area contributed by atoms with E-state index < -0.39 is 0 Å². The largest absolute Gasteiger partial charge is 0.317 e. The first-order valence-electron chi connectivity index (χ1n) is 6.04. The van der Waals surface area contributed by atoms with Crippen molar-refractivity contribution in [2.75, 3.05) is 13.1 Å². The molecule has 0 spiro atoms. The number of aromatic nitrogens is 2. The molecule has 17 heavy (non-hydrogen) atoms. The molecule has 4 nitrogen and oxygen atoms in total. The van der Waals surface area contributed by atoms with Crippen LogP contribution in [0.2, 0.25) is 5.02 Å². The maximum absolute atomic E-state index is 12.7. The molecule has 1 aromatic rings. The van der Waals surface area contributed by atoms with E-state index in [1.807, 2.05) is 0 Å². The van der Waals surface area contributed by atoms with E-state index in [0.717, 1.165) is 32.4 Å². The zero-order valence-electron chi connectivity index (χ0n) is 10.3. The molecular weight excluding hydrogens is 238 g/mol. The molecule has 0 saturated carbocycles. The first-order valence-corrected chi connectivity index (χ1v) is 6.41. The summed E-state index contributed by atoms with van der Waals surface area (Å²) in [6, 6.07) is 0. The Bertz CT molecular complexity index is 402. The third kappa shape index (κ3) is 2.11. The number of carbonyl (C=O) groups is 1. The minimum Gasteiger partial charge on any atom is -0.317 e. The predicted octanol–water partition coefficient (Wildman–Crippen LogP) is 2.04. The highest BCUT2D eigenvalue weighted by Gasteiger charge is 2.40. The van der Waals surface area contributed by atoms with Crippen molar-refractivity contribution in [2.45, 2.75) is 26.2 Å². The van der Waals surface area contributed by atoms with Crippen LogP contribution in [-0.4, -0.2) is 28.7 Å². The minimum atomic E-state index is -0.261. The number of piperidine rings is 1. The van der Waals surface area contributed by atoms with E-state index in [2.05, 4.69) is 17.3 Å². The monoisotopic (exact) mass is 255 g/mol. The molecule has 1 fully saturated rings. The molecule has 1 aromatic heterocycles. The number of hydrogen-bond acceptors (Lipinski definition) is 3. The van der Waals surface area contributed by atoms with Crippen molar-refractivity contribution in [1.29, 1.82) is 0 Å². The molecule has 0 bridgehead atoms. The topological polar surface area (TPSA) is 46.9 Å². The van der Waals surface area contributed by atoms with Crippen molar-refractivity contribution in [1.82, 2.24) is 15.1 Å². The lowest BCUT2D eigenvalue weighted by atomic mass is 9.72. The summed E-state index contributed by atoms with van der Waals surface area (Å²) in [4.78, 5) is 12.7. The van der Waals surface area contributed by atoms with Crippen LogP contribution in [0, 0.1) is 5.41 Å². The molecule has 94 valence electrons. The Hall–Kier alpha value is -0.870. The van der Waals surface area contributed by atoms with Gasteiger partial charge < -0.3 is 5.32 Å². The van der Waals surface area contributed by atoms with Crippen LogP contribution in [0.1, 0.15) is 36.7 Å². The summed E-state index contributed by atoms with van der Waals surface area (Å²) in [5.41, 5.74) is 0.290. The number of carbonyl (C=O) groups excluding carboxylic acids is 1. The van der Waals surface area contributed by atoms with Crippen LogP contribution < -0.4 is 5.32 Å². The number of nitrogens with one attached hydrogen (secondary N) is 1. The van der Waals surface area contributed by atoms with Gasteiger partial charge in [0.25, 0.3) is 0 Å². The summed E-state index contributed by atoms with van der Waals surface area (Å²) in [5, 5.41) is 7.80. The average molecular weight is 256 g/mol. The van der Waals surface area contributed by atoms with E-state index >= 15 is 0 Å². The van der Waals surface area contributed by atoms with Crippen molar-refractivity contribution in [3.8, 4) is 0 Å². The molecule has 0 radical (unpaired) electrons. The Kier molecular flexibility index (Phi) is 3.54. The van der Waals surface area contributed by atoms with Gasteiger partial charge in [0.2, 0.25) is 0 Å². The Morgan fingerprint density at radius 2 is 2.24 bits per heavy atom. The van der Waals surface area contributed by atoms with Gasteiger partial charge in [-0.05, 0) is 32.4 Å². The SMILES string of the molecule is CCC1(C(=O)c2c(Cl)cnn2C)CCNCC1. The summed E-state index contributed by atoms with van der Waals surface area (Å²) >= 11 is 6.06. The number of Topliss-reactive ketones (excluding diaryl/α,β-unsaturated/α-hetero) is 1. The van der Waals surface area contributed by atoms with Crippen molar-refractivity contribution < 1.29 is 4.79 Å². The first-order chi connectivity index (χ1) is 8.10. The van der Waals surface area contributed by atoms with E-state index in [9.17, 15) is 4.79 Å². The van der Waals surface area contributed by atoms with Gasteiger partial charge in [0.15, 0.2) is 5.78 Å². The second kappa shape index (κ2) is 4.78. The zero-order valence-corrected chi connectivity index (χ0v) is 11.0. The molecule has 1 N–H and O–H groups in total. The van der Waals surface area contributed by atoms with Gasteiger partial charge in [-0.2, -0.15) is 5.10 Å². The lowest BCUT2D eigenvalue weighted by Crippen LogP contribution is -2.42. The molecule has 2 rings (SSSR count). The van der Waals surface area contributed by atoms with E-state index in [-0.39, 0.29) is 11.2 Å². The minimum absolute atomic E-state index is 0.145. The van der Waals surface area contributed by atoms with Gasteiger partial charge in [-0.1, -0.05) is 18.5 Å². The van der Waals surface area contributed by atoms with Crippen LogP contribution in [0.15, 0.2) is 6.20 Å².